The fourth-order valence-electron chi connectivity index (χ4n) is 2.59. The minimum atomic E-state index is -0.618. The van der Waals surface area contributed by atoms with Gasteiger partial charge < -0.3 is 10.4 Å². The van der Waals surface area contributed by atoms with Crippen molar-refractivity contribution in [3.8, 4) is 5.69 Å². The van der Waals surface area contributed by atoms with Crippen LogP contribution < -0.4 is 10.7 Å². The molecule has 1 aromatic heterocycles. The molecule has 7 heteroatoms. The number of nitrogens with one attached hydrogen (secondary N) is 1. The maximum absolute atomic E-state index is 14.0. The second kappa shape index (κ2) is 8.02. The molecule has 0 fully saturated rings. The third-order valence-electron chi connectivity index (χ3n) is 3.76. The molecule has 2 rings (SSSR count). The highest BCUT2D eigenvalue weighted by Crippen LogP contribution is 2.13. The molecular weight excluding hydrogens is 325 g/mol. The number of aryl methyl sites for hydroxylation is 1. The van der Waals surface area contributed by atoms with Crippen molar-refractivity contribution in [1.29, 1.82) is 0 Å². The molecule has 0 bridgehead atoms. The molecule has 2 atom stereocenters. The van der Waals surface area contributed by atoms with Gasteiger partial charge in [0.25, 0.3) is 5.91 Å². The number of para-hydroxylation sites is 1. The van der Waals surface area contributed by atoms with Gasteiger partial charge in [-0.1, -0.05) is 19.1 Å². The van der Waals surface area contributed by atoms with Crippen LogP contribution in [-0.4, -0.2) is 33.4 Å². The molecule has 2 N–H and O–H groups in total. The molecule has 1 aromatic carbocycles. The van der Waals surface area contributed by atoms with E-state index in [-0.39, 0.29) is 17.3 Å². The van der Waals surface area contributed by atoms with Crippen LogP contribution in [0.15, 0.2) is 35.1 Å². The van der Waals surface area contributed by atoms with Crippen LogP contribution in [0.3, 0.4) is 0 Å². The molecule has 2 unspecified atom stereocenters. The zero-order valence-corrected chi connectivity index (χ0v) is 14.5. The summed E-state index contributed by atoms with van der Waals surface area (Å²) in [5, 5.41) is 16.0. The zero-order valence-electron chi connectivity index (χ0n) is 14.5. The van der Waals surface area contributed by atoms with Gasteiger partial charge in [-0.15, -0.1) is 0 Å². The van der Waals surface area contributed by atoms with Crippen molar-refractivity contribution < 1.29 is 14.3 Å². The van der Waals surface area contributed by atoms with Crippen molar-refractivity contribution >= 4 is 5.91 Å². The average Bonchev–Trinajstić information content (AvgIpc) is 2.53. The summed E-state index contributed by atoms with van der Waals surface area (Å²) >= 11 is 0. The maximum atomic E-state index is 14.0. The molecule has 6 nitrogen and oxygen atoms in total. The number of halogens is 1. The van der Waals surface area contributed by atoms with Crippen LogP contribution in [0.1, 0.15) is 36.5 Å². The molecule has 0 radical (unpaired) electrons. The van der Waals surface area contributed by atoms with Crippen LogP contribution in [0.25, 0.3) is 5.69 Å². The quantitative estimate of drug-likeness (QED) is 0.835. The van der Waals surface area contributed by atoms with Crippen molar-refractivity contribution in [3.05, 3.63) is 57.8 Å². The minimum absolute atomic E-state index is 0.0446. The number of aliphatic hydroxyl groups is 1. The lowest BCUT2D eigenvalue weighted by Gasteiger charge is -2.15. The van der Waals surface area contributed by atoms with Crippen LogP contribution >= 0.6 is 0 Å². The number of amides is 1. The van der Waals surface area contributed by atoms with Gasteiger partial charge in [-0.25, -0.2) is 9.07 Å². The highest BCUT2D eigenvalue weighted by Gasteiger charge is 2.17. The molecule has 2 aromatic rings. The highest BCUT2D eigenvalue weighted by molar-refractivity contribution is 5.92. The number of carbonyl (C=O) groups excluding carboxylic acids is 1. The van der Waals surface area contributed by atoms with Gasteiger partial charge in [0.1, 0.15) is 11.5 Å². The highest BCUT2D eigenvalue weighted by atomic mass is 19.1. The summed E-state index contributed by atoms with van der Waals surface area (Å²) in [4.78, 5) is 24.4. The summed E-state index contributed by atoms with van der Waals surface area (Å²) < 4.78 is 15.2. The number of nitrogens with zero attached hydrogens (tertiary/aromatic N) is 2. The van der Waals surface area contributed by atoms with Crippen LogP contribution in [0, 0.1) is 18.7 Å². The Hall–Kier alpha value is -2.54. The zero-order chi connectivity index (χ0) is 18.6. The van der Waals surface area contributed by atoms with Crippen LogP contribution in [0.5, 0.6) is 0 Å². The van der Waals surface area contributed by atoms with E-state index < -0.39 is 23.3 Å². The van der Waals surface area contributed by atoms with Gasteiger partial charge >= 0.3 is 0 Å². The summed E-state index contributed by atoms with van der Waals surface area (Å²) in [7, 11) is 0. The molecule has 134 valence electrons. The predicted molar refractivity (Wildman–Crippen MR) is 92.3 cm³/mol. The van der Waals surface area contributed by atoms with Crippen molar-refractivity contribution in [2.45, 2.75) is 33.3 Å². The normalized spacial score (nSPS) is 13.3. The Morgan fingerprint density at radius 3 is 2.68 bits per heavy atom. The topological polar surface area (TPSA) is 84.2 Å². The van der Waals surface area contributed by atoms with E-state index in [9.17, 15) is 19.1 Å². The van der Waals surface area contributed by atoms with Gasteiger partial charge in [0, 0.05) is 18.3 Å². The van der Waals surface area contributed by atoms with E-state index >= 15 is 0 Å². The van der Waals surface area contributed by atoms with E-state index in [0.29, 0.717) is 18.7 Å². The number of rotatable bonds is 6. The fourth-order valence-corrected chi connectivity index (χ4v) is 2.59. The first-order valence-corrected chi connectivity index (χ1v) is 8.11. The number of benzene rings is 1. The number of hydrogen-bond donors (Lipinski definition) is 2. The lowest BCUT2D eigenvalue weighted by atomic mass is 10.0. The van der Waals surface area contributed by atoms with Crippen LogP contribution in [-0.2, 0) is 0 Å². The molecule has 0 aliphatic rings. The van der Waals surface area contributed by atoms with Gasteiger partial charge in [-0.05, 0) is 38.3 Å². The lowest BCUT2D eigenvalue weighted by Crippen LogP contribution is -2.35. The Bertz CT molecular complexity index is 817. The first kappa shape index (κ1) is 18.8. The van der Waals surface area contributed by atoms with E-state index in [4.69, 9.17) is 0 Å². The summed E-state index contributed by atoms with van der Waals surface area (Å²) in [5.74, 6) is -1.07. The predicted octanol–water partition coefficient (Wildman–Crippen LogP) is 1.82. The van der Waals surface area contributed by atoms with E-state index in [1.807, 2.05) is 6.92 Å². The molecule has 1 amide bonds. The Kier molecular flexibility index (Phi) is 6.03. The maximum Gasteiger partial charge on any atom is 0.275 e. The fraction of sp³-hybridized carbons (Fsp3) is 0.389. The largest absolute Gasteiger partial charge is 0.393 e. The van der Waals surface area contributed by atoms with Gasteiger partial charge in [0.05, 0.1) is 6.10 Å². The number of aliphatic hydroxyl groups excluding tert-OH is 1. The van der Waals surface area contributed by atoms with Gasteiger partial charge in [0.2, 0.25) is 5.43 Å². The van der Waals surface area contributed by atoms with Crippen LogP contribution in [0.4, 0.5) is 4.39 Å². The Labute approximate surface area is 145 Å². The number of hydrogen-bond acceptors (Lipinski definition) is 4. The third kappa shape index (κ3) is 4.73. The van der Waals surface area contributed by atoms with Crippen molar-refractivity contribution in [3.63, 3.8) is 0 Å². The van der Waals surface area contributed by atoms with E-state index in [1.54, 1.807) is 26.0 Å². The lowest BCUT2D eigenvalue weighted by molar-refractivity contribution is 0.0931. The Balaban J connectivity index is 2.27. The molecule has 0 saturated heterocycles. The van der Waals surface area contributed by atoms with Gasteiger partial charge in [-0.2, -0.15) is 5.10 Å². The molecule has 0 aliphatic carbocycles. The number of carbonyl (C=O) groups is 1. The SMILES string of the molecule is Cc1cc(=O)c(C(=O)NCC(C)CC(C)O)nn1-c1ccccc1F. The summed E-state index contributed by atoms with van der Waals surface area (Å²) in [6, 6.07) is 7.26. The molecule has 25 heavy (non-hydrogen) atoms. The molecule has 1 heterocycles. The molecule has 0 saturated carbocycles. The first-order valence-electron chi connectivity index (χ1n) is 8.11. The second-order valence-corrected chi connectivity index (χ2v) is 6.26. The van der Waals surface area contributed by atoms with Crippen molar-refractivity contribution in [2.75, 3.05) is 6.54 Å². The van der Waals surface area contributed by atoms with Crippen molar-refractivity contribution in [1.82, 2.24) is 15.1 Å². The molecular formula is C18H22FN3O3. The summed E-state index contributed by atoms with van der Waals surface area (Å²) in [6.45, 7) is 5.48. The summed E-state index contributed by atoms with van der Waals surface area (Å²) in [6.07, 6.45) is 0.0591. The smallest absolute Gasteiger partial charge is 0.275 e. The van der Waals surface area contributed by atoms with E-state index in [2.05, 4.69) is 10.4 Å². The second-order valence-electron chi connectivity index (χ2n) is 6.26. The van der Waals surface area contributed by atoms with Gasteiger partial charge in [0.15, 0.2) is 5.69 Å². The first-order chi connectivity index (χ1) is 11.8. The monoisotopic (exact) mass is 347 g/mol. The van der Waals surface area contributed by atoms with E-state index in [1.165, 1.54) is 22.9 Å². The van der Waals surface area contributed by atoms with Crippen LogP contribution in [0.2, 0.25) is 0 Å². The number of aromatic nitrogens is 2. The average molecular weight is 347 g/mol. The minimum Gasteiger partial charge on any atom is -0.393 e. The van der Waals surface area contributed by atoms with Crippen molar-refractivity contribution in [2.24, 2.45) is 5.92 Å². The van der Waals surface area contributed by atoms with Gasteiger partial charge in [-0.3, -0.25) is 9.59 Å². The molecule has 0 spiro atoms. The van der Waals surface area contributed by atoms with E-state index in [0.717, 1.165) is 0 Å². The summed E-state index contributed by atoms with van der Waals surface area (Å²) in [5.41, 5.74) is -0.227. The third-order valence-corrected chi connectivity index (χ3v) is 3.76. The molecule has 0 aliphatic heterocycles. The standard InChI is InChI=1S/C18H22FN3O3/c1-11(8-13(3)23)10-20-18(25)17-16(24)9-12(2)22(21-17)15-7-5-4-6-14(15)19/h4-7,9,11,13,23H,8,10H2,1-3H3,(H,20,25). The Morgan fingerprint density at radius 2 is 2.04 bits per heavy atom. The Morgan fingerprint density at radius 1 is 1.36 bits per heavy atom.